The molecule has 1 aromatic rings. The number of amides is 1. The zero-order chi connectivity index (χ0) is 17.8. The molecule has 0 bridgehead atoms. The first kappa shape index (κ1) is 18.4. The van der Waals surface area contributed by atoms with Crippen molar-refractivity contribution in [3.8, 4) is 0 Å². The van der Waals surface area contributed by atoms with Crippen LogP contribution in [0.3, 0.4) is 0 Å². The average Bonchev–Trinajstić information content (AvgIpc) is 2.63. The van der Waals surface area contributed by atoms with Crippen molar-refractivity contribution in [2.45, 2.75) is 43.6 Å². The SMILES string of the molecule is CC1(c2ccccc2)CC(C(=O)NCC2(OCCO)CCOCC2)C1. The summed E-state index contributed by atoms with van der Waals surface area (Å²) < 4.78 is 11.3. The van der Waals surface area contributed by atoms with E-state index in [2.05, 4.69) is 36.5 Å². The molecule has 5 nitrogen and oxygen atoms in total. The summed E-state index contributed by atoms with van der Waals surface area (Å²) in [7, 11) is 0. The molecule has 1 saturated carbocycles. The van der Waals surface area contributed by atoms with Gasteiger partial charge in [0.2, 0.25) is 5.91 Å². The topological polar surface area (TPSA) is 67.8 Å². The average molecular weight is 347 g/mol. The first-order chi connectivity index (χ1) is 12.1. The second-order valence-corrected chi connectivity index (χ2v) is 7.62. The van der Waals surface area contributed by atoms with Gasteiger partial charge < -0.3 is 19.9 Å². The first-order valence-electron chi connectivity index (χ1n) is 9.23. The molecule has 138 valence electrons. The van der Waals surface area contributed by atoms with Gasteiger partial charge in [-0.15, -0.1) is 0 Å². The third-order valence-electron chi connectivity index (χ3n) is 5.72. The molecule has 1 aliphatic heterocycles. The predicted molar refractivity (Wildman–Crippen MR) is 95.3 cm³/mol. The minimum Gasteiger partial charge on any atom is -0.394 e. The Hall–Kier alpha value is -1.43. The maximum atomic E-state index is 12.6. The highest BCUT2D eigenvalue weighted by molar-refractivity contribution is 5.80. The molecule has 1 heterocycles. The highest BCUT2D eigenvalue weighted by Crippen LogP contribution is 2.47. The zero-order valence-electron chi connectivity index (χ0n) is 15.0. The lowest BCUT2D eigenvalue weighted by molar-refractivity contribution is -0.137. The normalized spacial score (nSPS) is 28.2. The molecule has 0 radical (unpaired) electrons. The number of carbonyl (C=O) groups is 1. The lowest BCUT2D eigenvalue weighted by Gasteiger charge is -2.45. The number of nitrogens with one attached hydrogen (secondary N) is 1. The van der Waals surface area contributed by atoms with Crippen LogP contribution in [0.4, 0.5) is 0 Å². The summed E-state index contributed by atoms with van der Waals surface area (Å²) in [6, 6.07) is 10.4. The van der Waals surface area contributed by atoms with Crippen LogP contribution < -0.4 is 5.32 Å². The second-order valence-electron chi connectivity index (χ2n) is 7.62. The smallest absolute Gasteiger partial charge is 0.223 e. The van der Waals surface area contributed by atoms with Crippen molar-refractivity contribution in [1.29, 1.82) is 0 Å². The van der Waals surface area contributed by atoms with Gasteiger partial charge in [0.25, 0.3) is 0 Å². The molecule has 2 aliphatic rings. The fraction of sp³-hybridized carbons (Fsp3) is 0.650. The standard InChI is InChI=1S/C20H29NO4/c1-19(17-5-3-2-4-6-17)13-16(14-19)18(23)21-15-20(25-12-9-22)7-10-24-11-8-20/h2-6,16,22H,7-15H2,1H3,(H,21,23). The molecule has 2 N–H and O–H groups in total. The van der Waals surface area contributed by atoms with Crippen molar-refractivity contribution in [3.05, 3.63) is 35.9 Å². The maximum Gasteiger partial charge on any atom is 0.223 e. The number of aliphatic hydroxyl groups excluding tert-OH is 1. The van der Waals surface area contributed by atoms with E-state index in [1.165, 1.54) is 5.56 Å². The minimum atomic E-state index is -0.400. The number of carbonyl (C=O) groups excluding carboxylic acids is 1. The highest BCUT2D eigenvalue weighted by Gasteiger charge is 2.45. The third kappa shape index (κ3) is 4.22. The van der Waals surface area contributed by atoms with Gasteiger partial charge in [-0.1, -0.05) is 37.3 Å². The van der Waals surface area contributed by atoms with Gasteiger partial charge in [0, 0.05) is 38.5 Å². The van der Waals surface area contributed by atoms with Gasteiger partial charge >= 0.3 is 0 Å². The molecule has 1 aromatic carbocycles. The molecule has 3 rings (SSSR count). The van der Waals surface area contributed by atoms with Crippen LogP contribution in [0.25, 0.3) is 0 Å². The van der Waals surface area contributed by atoms with E-state index in [0.717, 1.165) is 25.7 Å². The van der Waals surface area contributed by atoms with Crippen molar-refractivity contribution in [2.75, 3.05) is 33.0 Å². The summed E-state index contributed by atoms with van der Waals surface area (Å²) in [6.45, 7) is 4.29. The first-order valence-corrected chi connectivity index (χ1v) is 9.23. The number of hydrogen-bond acceptors (Lipinski definition) is 4. The Morgan fingerprint density at radius 2 is 1.96 bits per heavy atom. The summed E-state index contributed by atoms with van der Waals surface area (Å²) in [5.41, 5.74) is 1.02. The molecule has 1 amide bonds. The summed E-state index contributed by atoms with van der Waals surface area (Å²) >= 11 is 0. The highest BCUT2D eigenvalue weighted by atomic mass is 16.5. The Bertz CT molecular complexity index is 562. The second kappa shape index (κ2) is 7.85. The van der Waals surface area contributed by atoms with E-state index in [1.807, 2.05) is 6.07 Å². The van der Waals surface area contributed by atoms with E-state index in [0.29, 0.717) is 26.4 Å². The molecule has 2 fully saturated rings. The molecular formula is C20H29NO4. The summed E-state index contributed by atoms with van der Waals surface area (Å²) in [5.74, 6) is 0.187. The summed E-state index contributed by atoms with van der Waals surface area (Å²) in [5, 5.41) is 12.1. The van der Waals surface area contributed by atoms with Crippen LogP contribution >= 0.6 is 0 Å². The molecular weight excluding hydrogens is 318 g/mol. The molecule has 0 unspecified atom stereocenters. The van der Waals surface area contributed by atoms with E-state index in [4.69, 9.17) is 14.6 Å². The van der Waals surface area contributed by atoms with Gasteiger partial charge in [0.1, 0.15) is 0 Å². The van der Waals surface area contributed by atoms with Crippen LogP contribution in [0.1, 0.15) is 38.2 Å². The lowest BCUT2D eigenvalue weighted by Crippen LogP contribution is -2.53. The Labute approximate surface area is 149 Å². The fourth-order valence-electron chi connectivity index (χ4n) is 4.06. The zero-order valence-corrected chi connectivity index (χ0v) is 15.0. The molecule has 0 spiro atoms. The maximum absolute atomic E-state index is 12.6. The van der Waals surface area contributed by atoms with Crippen LogP contribution in [0.2, 0.25) is 0 Å². The van der Waals surface area contributed by atoms with Crippen LogP contribution in [-0.4, -0.2) is 49.6 Å². The number of rotatable bonds is 7. The van der Waals surface area contributed by atoms with Crippen LogP contribution in [0.15, 0.2) is 30.3 Å². The molecule has 1 saturated heterocycles. The van der Waals surface area contributed by atoms with Gasteiger partial charge in [-0.05, 0) is 23.8 Å². The van der Waals surface area contributed by atoms with Crippen molar-refractivity contribution in [3.63, 3.8) is 0 Å². The van der Waals surface area contributed by atoms with E-state index in [9.17, 15) is 4.79 Å². The predicted octanol–water partition coefficient (Wildman–Crippen LogP) is 2.03. The summed E-state index contributed by atoms with van der Waals surface area (Å²) in [6.07, 6.45) is 3.27. The Kier molecular flexibility index (Phi) is 5.77. The Balaban J connectivity index is 1.51. The van der Waals surface area contributed by atoms with Gasteiger partial charge in [-0.25, -0.2) is 0 Å². The number of benzene rings is 1. The fourth-order valence-corrected chi connectivity index (χ4v) is 4.06. The quantitative estimate of drug-likeness (QED) is 0.792. The van der Waals surface area contributed by atoms with Gasteiger partial charge in [0.05, 0.1) is 18.8 Å². The number of hydrogen-bond donors (Lipinski definition) is 2. The van der Waals surface area contributed by atoms with Crippen LogP contribution in [0, 0.1) is 5.92 Å². The molecule has 0 atom stereocenters. The number of aliphatic hydroxyl groups is 1. The third-order valence-corrected chi connectivity index (χ3v) is 5.72. The van der Waals surface area contributed by atoms with E-state index < -0.39 is 5.60 Å². The van der Waals surface area contributed by atoms with Gasteiger partial charge in [0.15, 0.2) is 0 Å². The molecule has 5 heteroatoms. The van der Waals surface area contributed by atoms with Gasteiger partial charge in [-0.2, -0.15) is 0 Å². The Morgan fingerprint density at radius 1 is 1.28 bits per heavy atom. The largest absolute Gasteiger partial charge is 0.394 e. The summed E-state index contributed by atoms with van der Waals surface area (Å²) in [4.78, 5) is 12.6. The van der Waals surface area contributed by atoms with Crippen LogP contribution in [-0.2, 0) is 19.7 Å². The van der Waals surface area contributed by atoms with E-state index in [-0.39, 0.29) is 23.8 Å². The molecule has 1 aliphatic carbocycles. The molecule has 0 aromatic heterocycles. The molecule has 25 heavy (non-hydrogen) atoms. The van der Waals surface area contributed by atoms with Crippen molar-refractivity contribution in [1.82, 2.24) is 5.32 Å². The van der Waals surface area contributed by atoms with Crippen molar-refractivity contribution < 1.29 is 19.4 Å². The number of ether oxygens (including phenoxy) is 2. The minimum absolute atomic E-state index is 0.00535. The van der Waals surface area contributed by atoms with Crippen molar-refractivity contribution in [2.24, 2.45) is 5.92 Å². The van der Waals surface area contributed by atoms with Gasteiger partial charge in [-0.3, -0.25) is 4.79 Å². The van der Waals surface area contributed by atoms with E-state index in [1.54, 1.807) is 0 Å². The monoisotopic (exact) mass is 347 g/mol. The lowest BCUT2D eigenvalue weighted by atomic mass is 9.59. The van der Waals surface area contributed by atoms with Crippen molar-refractivity contribution >= 4 is 5.91 Å². The van der Waals surface area contributed by atoms with E-state index >= 15 is 0 Å². The van der Waals surface area contributed by atoms with Crippen LogP contribution in [0.5, 0.6) is 0 Å². The Morgan fingerprint density at radius 3 is 2.60 bits per heavy atom.